The Morgan fingerprint density at radius 1 is 1.29 bits per heavy atom. The molecule has 2 heterocycles. The Hall–Kier alpha value is -1.56. The van der Waals surface area contributed by atoms with Crippen LogP contribution in [0.4, 0.5) is 0 Å². The average molecular weight is 311 g/mol. The van der Waals surface area contributed by atoms with Gasteiger partial charge in [0.05, 0.1) is 0 Å². The van der Waals surface area contributed by atoms with E-state index in [2.05, 4.69) is 9.97 Å². The molecule has 0 spiro atoms. The second-order valence-corrected chi connectivity index (χ2v) is 6.04. The minimum absolute atomic E-state index is 0.263. The molecule has 2 aromatic rings. The van der Waals surface area contributed by atoms with Crippen molar-refractivity contribution in [1.29, 1.82) is 0 Å². The van der Waals surface area contributed by atoms with Crippen LogP contribution in [-0.2, 0) is 13.1 Å². The minimum Gasteiger partial charge on any atom is -0.309 e. The van der Waals surface area contributed by atoms with Crippen LogP contribution in [0.3, 0.4) is 0 Å². The number of rotatable bonds is 6. The SMILES string of the molecule is CCCn1c(Cl)nc2c1c(=O)[nH]c(=O)n2CCCC1CC1. The van der Waals surface area contributed by atoms with E-state index in [0.717, 1.165) is 25.2 Å². The highest BCUT2D eigenvalue weighted by molar-refractivity contribution is 6.29. The zero-order valence-electron chi connectivity index (χ0n) is 12.1. The van der Waals surface area contributed by atoms with Crippen molar-refractivity contribution in [3.8, 4) is 0 Å². The number of H-pyrrole nitrogens is 1. The number of aromatic amines is 1. The van der Waals surface area contributed by atoms with Crippen molar-refractivity contribution in [1.82, 2.24) is 19.1 Å². The van der Waals surface area contributed by atoms with Gasteiger partial charge in [-0.1, -0.05) is 19.8 Å². The molecule has 7 heteroatoms. The van der Waals surface area contributed by atoms with Crippen molar-refractivity contribution in [2.24, 2.45) is 5.92 Å². The topological polar surface area (TPSA) is 72.7 Å². The van der Waals surface area contributed by atoms with Crippen LogP contribution in [0.1, 0.15) is 39.0 Å². The normalized spacial score (nSPS) is 15.0. The third-order valence-corrected chi connectivity index (χ3v) is 4.27. The number of nitrogens with one attached hydrogen (secondary N) is 1. The first kappa shape index (κ1) is 14.4. The molecule has 21 heavy (non-hydrogen) atoms. The zero-order valence-corrected chi connectivity index (χ0v) is 12.8. The molecule has 0 radical (unpaired) electrons. The number of aromatic nitrogens is 4. The summed E-state index contributed by atoms with van der Waals surface area (Å²) in [5, 5.41) is 0.263. The molecule has 1 N–H and O–H groups in total. The first-order valence-corrected chi connectivity index (χ1v) is 7.88. The molecule has 0 aliphatic heterocycles. The van der Waals surface area contributed by atoms with Crippen LogP contribution in [-0.4, -0.2) is 19.1 Å². The maximum absolute atomic E-state index is 12.1. The first-order valence-electron chi connectivity index (χ1n) is 7.50. The van der Waals surface area contributed by atoms with E-state index >= 15 is 0 Å². The molecule has 0 atom stereocenters. The maximum atomic E-state index is 12.1. The molecule has 0 amide bonds. The quantitative estimate of drug-likeness (QED) is 0.831. The Labute approximate surface area is 126 Å². The predicted molar refractivity (Wildman–Crippen MR) is 81.9 cm³/mol. The number of hydrogen-bond donors (Lipinski definition) is 1. The van der Waals surface area contributed by atoms with E-state index in [1.54, 1.807) is 4.57 Å². The van der Waals surface area contributed by atoms with Crippen molar-refractivity contribution in [3.05, 3.63) is 26.1 Å². The molecule has 0 unspecified atom stereocenters. The van der Waals surface area contributed by atoms with Crippen molar-refractivity contribution < 1.29 is 0 Å². The molecule has 114 valence electrons. The third-order valence-electron chi connectivity index (χ3n) is 3.98. The summed E-state index contributed by atoms with van der Waals surface area (Å²) >= 11 is 6.12. The summed E-state index contributed by atoms with van der Waals surface area (Å²) in [6.07, 6.45) is 5.48. The Morgan fingerprint density at radius 2 is 2.05 bits per heavy atom. The number of aryl methyl sites for hydroxylation is 2. The van der Waals surface area contributed by atoms with Gasteiger partial charge in [-0.2, -0.15) is 4.98 Å². The van der Waals surface area contributed by atoms with Gasteiger partial charge >= 0.3 is 5.69 Å². The number of nitrogens with zero attached hydrogens (tertiary/aromatic N) is 3. The number of imidazole rings is 1. The van der Waals surface area contributed by atoms with E-state index in [-0.39, 0.29) is 5.28 Å². The lowest BCUT2D eigenvalue weighted by Gasteiger charge is -2.06. The summed E-state index contributed by atoms with van der Waals surface area (Å²) < 4.78 is 3.21. The summed E-state index contributed by atoms with van der Waals surface area (Å²) in [6, 6.07) is 0. The lowest BCUT2D eigenvalue weighted by atomic mass is 10.2. The van der Waals surface area contributed by atoms with Crippen molar-refractivity contribution in [2.45, 2.75) is 52.1 Å². The van der Waals surface area contributed by atoms with Gasteiger partial charge in [-0.15, -0.1) is 0 Å². The average Bonchev–Trinajstić information content (AvgIpc) is 3.19. The van der Waals surface area contributed by atoms with Crippen LogP contribution in [0.2, 0.25) is 5.28 Å². The maximum Gasteiger partial charge on any atom is 0.330 e. The Balaban J connectivity index is 2.03. The van der Waals surface area contributed by atoms with Gasteiger partial charge in [0, 0.05) is 13.1 Å². The summed E-state index contributed by atoms with van der Waals surface area (Å²) in [5.41, 5.74) is -0.0201. The first-order chi connectivity index (χ1) is 10.1. The van der Waals surface area contributed by atoms with Gasteiger partial charge in [-0.05, 0) is 36.8 Å². The largest absolute Gasteiger partial charge is 0.330 e. The van der Waals surface area contributed by atoms with Gasteiger partial charge in [0.2, 0.25) is 5.28 Å². The number of fused-ring (bicyclic) bond motifs is 1. The second kappa shape index (κ2) is 5.67. The van der Waals surface area contributed by atoms with E-state index in [1.807, 2.05) is 6.92 Å². The molecule has 2 aromatic heterocycles. The van der Waals surface area contributed by atoms with E-state index in [4.69, 9.17) is 11.6 Å². The lowest BCUT2D eigenvalue weighted by Crippen LogP contribution is -2.31. The third kappa shape index (κ3) is 2.77. The smallest absolute Gasteiger partial charge is 0.309 e. The van der Waals surface area contributed by atoms with Crippen LogP contribution in [0, 0.1) is 5.92 Å². The van der Waals surface area contributed by atoms with E-state index < -0.39 is 11.2 Å². The fourth-order valence-corrected chi connectivity index (χ4v) is 2.97. The van der Waals surface area contributed by atoms with Crippen molar-refractivity contribution in [2.75, 3.05) is 0 Å². The summed E-state index contributed by atoms with van der Waals surface area (Å²) in [7, 11) is 0. The second-order valence-electron chi connectivity index (χ2n) is 5.70. The Morgan fingerprint density at radius 3 is 2.71 bits per heavy atom. The minimum atomic E-state index is -0.415. The van der Waals surface area contributed by atoms with Crippen molar-refractivity contribution >= 4 is 22.8 Å². The van der Waals surface area contributed by atoms with Crippen LogP contribution in [0.5, 0.6) is 0 Å². The predicted octanol–water partition coefficient (Wildman–Crippen LogP) is 2.14. The van der Waals surface area contributed by atoms with E-state index in [1.165, 1.54) is 17.4 Å². The highest BCUT2D eigenvalue weighted by Gasteiger charge is 2.21. The molecular weight excluding hydrogens is 292 g/mol. The fourth-order valence-electron chi connectivity index (χ4n) is 2.73. The lowest BCUT2D eigenvalue weighted by molar-refractivity contribution is 0.566. The van der Waals surface area contributed by atoms with Crippen LogP contribution >= 0.6 is 11.6 Å². The standard InChI is InChI=1S/C14H19ClN4O2/c1-2-7-18-10-11(16-13(18)15)19(14(21)17-12(10)20)8-3-4-9-5-6-9/h9H,2-8H2,1H3,(H,17,20,21). The van der Waals surface area contributed by atoms with E-state index in [0.29, 0.717) is 24.3 Å². The van der Waals surface area contributed by atoms with Gasteiger partial charge in [-0.25, -0.2) is 4.79 Å². The molecule has 1 fully saturated rings. The summed E-state index contributed by atoms with van der Waals surface area (Å²) in [4.78, 5) is 30.7. The molecule has 0 saturated heterocycles. The molecule has 0 bridgehead atoms. The summed E-state index contributed by atoms with van der Waals surface area (Å²) in [5.74, 6) is 0.820. The van der Waals surface area contributed by atoms with Crippen molar-refractivity contribution in [3.63, 3.8) is 0 Å². The zero-order chi connectivity index (χ0) is 15.0. The Kier molecular flexibility index (Phi) is 3.89. The molecule has 1 saturated carbocycles. The van der Waals surface area contributed by atoms with E-state index in [9.17, 15) is 9.59 Å². The highest BCUT2D eigenvalue weighted by atomic mass is 35.5. The van der Waals surface area contributed by atoms with Gasteiger partial charge in [0.15, 0.2) is 11.2 Å². The monoisotopic (exact) mass is 310 g/mol. The Bertz CT molecular complexity index is 770. The molecule has 1 aliphatic carbocycles. The van der Waals surface area contributed by atoms with Crippen LogP contribution in [0.15, 0.2) is 9.59 Å². The molecule has 6 nitrogen and oxygen atoms in total. The fraction of sp³-hybridized carbons (Fsp3) is 0.643. The van der Waals surface area contributed by atoms with Crippen LogP contribution in [0.25, 0.3) is 11.2 Å². The number of hydrogen-bond acceptors (Lipinski definition) is 3. The van der Waals surface area contributed by atoms with Gasteiger partial charge < -0.3 is 4.57 Å². The van der Waals surface area contributed by atoms with Gasteiger partial charge in [0.25, 0.3) is 5.56 Å². The summed E-state index contributed by atoms with van der Waals surface area (Å²) in [6.45, 7) is 3.18. The molecule has 1 aliphatic rings. The van der Waals surface area contributed by atoms with Gasteiger partial charge in [0.1, 0.15) is 0 Å². The molecule has 0 aromatic carbocycles. The van der Waals surface area contributed by atoms with Crippen LogP contribution < -0.4 is 11.2 Å². The van der Waals surface area contributed by atoms with Gasteiger partial charge in [-0.3, -0.25) is 14.3 Å². The number of halogens is 1. The molecule has 3 rings (SSSR count). The highest BCUT2D eigenvalue weighted by Crippen LogP contribution is 2.33. The molecular formula is C14H19ClN4O2.